The SMILES string of the molecule is Cc1ccc2c3c1O[C@H]1C(=O)C=C[C@@]4(O)[C@@H](C2)N(C)CC[C@]314.Cc1ccc2c3c1O[C@H]1C(=O)CC[C@@]4(O)[C@@H](C2)N(C)CC[C@]314. The summed E-state index contributed by atoms with van der Waals surface area (Å²) in [5, 5.41) is 23.3. The number of Topliss-reactive ketones (excluding diaryl/α,β-unsaturated/α-hetero) is 1. The first-order valence-corrected chi connectivity index (χ1v) is 16.2. The van der Waals surface area contributed by atoms with Crippen molar-refractivity contribution < 1.29 is 29.3 Å². The third-order valence-electron chi connectivity index (χ3n) is 13.1. The van der Waals surface area contributed by atoms with Gasteiger partial charge in [-0.15, -0.1) is 0 Å². The fraction of sp³-hybridized carbons (Fsp3) is 0.556. The molecule has 2 aromatic carbocycles. The first kappa shape index (κ1) is 27.3. The van der Waals surface area contributed by atoms with Gasteiger partial charge in [0.1, 0.15) is 17.1 Å². The van der Waals surface area contributed by atoms with E-state index in [1.54, 1.807) is 6.08 Å². The van der Waals surface area contributed by atoms with E-state index in [1.807, 2.05) is 13.8 Å². The number of carbonyl (C=O) groups excluding carboxylic acids is 2. The minimum atomic E-state index is -1.02. The number of likely N-dealkylation sites (tertiary alicyclic amines) is 2. The molecule has 0 amide bonds. The fourth-order valence-electron chi connectivity index (χ4n) is 11.0. The largest absolute Gasteiger partial charge is 0.481 e. The van der Waals surface area contributed by atoms with Crippen LogP contribution in [0.5, 0.6) is 11.5 Å². The van der Waals surface area contributed by atoms with E-state index in [-0.39, 0.29) is 23.7 Å². The average Bonchev–Trinajstić information content (AvgIpc) is 3.55. The molecule has 2 spiro atoms. The highest BCUT2D eigenvalue weighted by molar-refractivity contribution is 5.99. The average molecular weight is 597 g/mol. The first-order chi connectivity index (χ1) is 21.0. The summed E-state index contributed by atoms with van der Waals surface area (Å²) in [4.78, 5) is 29.6. The number of aliphatic hydroxyl groups is 2. The second kappa shape index (κ2) is 8.40. The second-order valence-electron chi connectivity index (χ2n) is 14.8. The van der Waals surface area contributed by atoms with Crippen molar-refractivity contribution in [2.24, 2.45) is 0 Å². The summed E-state index contributed by atoms with van der Waals surface area (Å²) in [5.74, 6) is 1.85. The van der Waals surface area contributed by atoms with Crippen LogP contribution in [0.4, 0.5) is 0 Å². The molecule has 2 saturated heterocycles. The molecule has 10 rings (SSSR count). The number of nitrogens with zero attached hydrogens (tertiary/aromatic N) is 2. The van der Waals surface area contributed by atoms with Crippen molar-refractivity contribution in [2.45, 2.75) is 98.7 Å². The van der Waals surface area contributed by atoms with Crippen LogP contribution in [0.2, 0.25) is 0 Å². The van der Waals surface area contributed by atoms with E-state index in [0.29, 0.717) is 12.8 Å². The predicted molar refractivity (Wildman–Crippen MR) is 162 cm³/mol. The highest BCUT2D eigenvalue weighted by Gasteiger charge is 2.73. The summed E-state index contributed by atoms with van der Waals surface area (Å²) in [6, 6.07) is 8.56. The summed E-state index contributed by atoms with van der Waals surface area (Å²) in [6.07, 6.45) is 6.40. The van der Waals surface area contributed by atoms with Crippen molar-refractivity contribution in [1.29, 1.82) is 0 Å². The molecule has 3 fully saturated rings. The Hall–Kier alpha value is -3.04. The molecule has 8 nitrogen and oxygen atoms in total. The van der Waals surface area contributed by atoms with Gasteiger partial charge < -0.3 is 24.6 Å². The zero-order valence-electron chi connectivity index (χ0n) is 25.9. The second-order valence-corrected chi connectivity index (χ2v) is 14.8. The molecule has 44 heavy (non-hydrogen) atoms. The zero-order chi connectivity index (χ0) is 30.6. The molecule has 8 aliphatic rings. The quantitative estimate of drug-likeness (QED) is 0.479. The Morgan fingerprint density at radius 3 is 2.02 bits per heavy atom. The van der Waals surface area contributed by atoms with Gasteiger partial charge in [-0.2, -0.15) is 0 Å². The molecule has 8 heteroatoms. The van der Waals surface area contributed by atoms with E-state index in [0.717, 1.165) is 72.5 Å². The van der Waals surface area contributed by atoms with Crippen molar-refractivity contribution in [3.8, 4) is 11.5 Å². The summed E-state index contributed by atoms with van der Waals surface area (Å²) in [5.41, 5.74) is 3.88. The number of likely N-dealkylation sites (N-methyl/N-ethyl adjacent to an activating group) is 2. The van der Waals surface area contributed by atoms with Crippen molar-refractivity contribution in [1.82, 2.24) is 9.80 Å². The Morgan fingerprint density at radius 1 is 0.773 bits per heavy atom. The van der Waals surface area contributed by atoms with Gasteiger partial charge in [-0.1, -0.05) is 24.3 Å². The standard InChI is InChI=1S/C18H21NO3.C18H19NO3/c2*1-10-3-4-11-9-13-18(21)6-5-12(20)16-17(18,7-8-19(13)2)14(11)15(10)22-16/h3-4,13,16,21H,5-9H2,1-2H3;3-6,13,16,21H,7-9H2,1-2H3/t2*13-,16+,17+,18-/m11/s1. The lowest BCUT2D eigenvalue weighted by Crippen LogP contribution is -2.76. The van der Waals surface area contributed by atoms with Crippen molar-refractivity contribution >= 4 is 11.6 Å². The molecule has 4 aliphatic carbocycles. The molecule has 0 radical (unpaired) electrons. The smallest absolute Gasteiger partial charge is 0.196 e. The topological polar surface area (TPSA) is 99.5 Å². The van der Waals surface area contributed by atoms with Gasteiger partial charge in [0.2, 0.25) is 0 Å². The maximum absolute atomic E-state index is 12.6. The number of ketones is 2. The van der Waals surface area contributed by atoms with Crippen LogP contribution in [0.25, 0.3) is 0 Å². The number of ether oxygens (including phenoxy) is 2. The third kappa shape index (κ3) is 2.83. The lowest BCUT2D eigenvalue weighted by Gasteiger charge is -2.62. The van der Waals surface area contributed by atoms with Crippen LogP contribution in [0.3, 0.4) is 0 Å². The molecule has 8 atom stereocenters. The fourth-order valence-corrected chi connectivity index (χ4v) is 11.0. The van der Waals surface area contributed by atoms with E-state index >= 15 is 0 Å². The maximum Gasteiger partial charge on any atom is 0.196 e. The van der Waals surface area contributed by atoms with E-state index in [2.05, 4.69) is 48.2 Å². The van der Waals surface area contributed by atoms with Crippen LogP contribution in [-0.2, 0) is 33.3 Å². The molecule has 2 N–H and O–H groups in total. The van der Waals surface area contributed by atoms with Crippen LogP contribution in [0.15, 0.2) is 36.4 Å². The molecule has 4 bridgehead atoms. The summed E-state index contributed by atoms with van der Waals surface area (Å²) >= 11 is 0. The number of piperidine rings is 2. The van der Waals surface area contributed by atoms with Gasteiger partial charge in [0.05, 0.1) is 16.4 Å². The minimum absolute atomic E-state index is 0.00199. The number of hydrogen-bond acceptors (Lipinski definition) is 8. The Labute approximate surface area is 257 Å². The van der Waals surface area contributed by atoms with Gasteiger partial charge >= 0.3 is 0 Å². The summed E-state index contributed by atoms with van der Waals surface area (Å²) < 4.78 is 12.3. The van der Waals surface area contributed by atoms with Crippen molar-refractivity contribution in [2.75, 3.05) is 27.2 Å². The Balaban J connectivity index is 0.000000123. The van der Waals surface area contributed by atoms with Crippen LogP contribution < -0.4 is 9.47 Å². The van der Waals surface area contributed by atoms with Crippen LogP contribution in [0.1, 0.15) is 59.1 Å². The van der Waals surface area contributed by atoms with Gasteiger partial charge in [0.15, 0.2) is 23.8 Å². The van der Waals surface area contributed by atoms with Gasteiger partial charge in [0, 0.05) is 29.6 Å². The van der Waals surface area contributed by atoms with E-state index in [9.17, 15) is 19.8 Å². The molecular weight excluding hydrogens is 556 g/mol. The van der Waals surface area contributed by atoms with Gasteiger partial charge in [-0.05, 0) is 108 Å². The molecule has 4 heterocycles. The molecule has 0 aromatic heterocycles. The molecule has 2 aromatic rings. The first-order valence-electron chi connectivity index (χ1n) is 16.2. The maximum atomic E-state index is 12.6. The highest BCUT2D eigenvalue weighted by Crippen LogP contribution is 2.64. The number of benzene rings is 2. The van der Waals surface area contributed by atoms with Crippen molar-refractivity contribution in [3.63, 3.8) is 0 Å². The molecule has 1 saturated carbocycles. The lowest BCUT2D eigenvalue weighted by atomic mass is 9.49. The number of aryl methyl sites for hydroxylation is 2. The van der Waals surface area contributed by atoms with Crippen LogP contribution in [-0.4, -0.2) is 94.3 Å². The number of carbonyl (C=O) groups is 2. The Morgan fingerprint density at radius 2 is 1.34 bits per heavy atom. The van der Waals surface area contributed by atoms with Crippen molar-refractivity contribution in [3.05, 3.63) is 69.8 Å². The van der Waals surface area contributed by atoms with Gasteiger partial charge in [0.25, 0.3) is 0 Å². The molecular formula is C36H40N2O6. The van der Waals surface area contributed by atoms with Crippen LogP contribution >= 0.6 is 0 Å². The lowest BCUT2D eigenvalue weighted by molar-refractivity contribution is -0.185. The number of rotatable bonds is 0. The molecule has 4 aliphatic heterocycles. The molecule has 0 unspecified atom stereocenters. The van der Waals surface area contributed by atoms with Gasteiger partial charge in [-0.25, -0.2) is 0 Å². The monoisotopic (exact) mass is 596 g/mol. The zero-order valence-corrected chi connectivity index (χ0v) is 25.9. The Kier molecular flexibility index (Phi) is 5.21. The highest BCUT2D eigenvalue weighted by atomic mass is 16.5. The Bertz CT molecular complexity index is 1710. The van der Waals surface area contributed by atoms with E-state index in [4.69, 9.17) is 9.47 Å². The van der Waals surface area contributed by atoms with Crippen LogP contribution in [0, 0.1) is 13.8 Å². The van der Waals surface area contributed by atoms with E-state index in [1.165, 1.54) is 17.2 Å². The van der Waals surface area contributed by atoms with E-state index < -0.39 is 34.2 Å². The summed E-state index contributed by atoms with van der Waals surface area (Å²) in [6.45, 7) is 5.84. The number of hydrogen-bond donors (Lipinski definition) is 2. The minimum Gasteiger partial charge on any atom is -0.481 e. The predicted octanol–water partition coefficient (Wildman–Crippen LogP) is 2.47. The normalized spacial score (nSPS) is 41.7. The summed E-state index contributed by atoms with van der Waals surface area (Å²) in [7, 11) is 4.15. The van der Waals surface area contributed by atoms with Gasteiger partial charge in [-0.3, -0.25) is 14.5 Å². The third-order valence-corrected chi connectivity index (χ3v) is 13.1. The molecule has 230 valence electrons.